The molecule has 1 aliphatic heterocycles. The zero-order valence-corrected chi connectivity index (χ0v) is 11.3. The molecule has 2 aromatic rings. The Labute approximate surface area is 115 Å². The number of rotatable bonds is 2. The molecule has 1 aliphatic rings. The Kier molecular flexibility index (Phi) is 2.86. The first kappa shape index (κ1) is 12.0. The molecule has 8 heteroatoms. The zero-order chi connectivity index (χ0) is 13.4. The Morgan fingerprint density at radius 3 is 3.00 bits per heavy atom. The highest BCUT2D eigenvalue weighted by Crippen LogP contribution is 2.16. The van der Waals surface area contributed by atoms with Crippen LogP contribution in [0.15, 0.2) is 12.4 Å². The standard InChI is InChI=1S/C11H13N7S/c1-7-4-8(10(12)19)15-11(14-7)17-2-3-18-6-13-16-9(18)5-17/h4,6H,2-3,5H2,1H3,(H2,12,19). The van der Waals surface area contributed by atoms with Crippen molar-refractivity contribution in [2.75, 3.05) is 11.4 Å². The monoisotopic (exact) mass is 275 g/mol. The van der Waals surface area contributed by atoms with E-state index in [9.17, 15) is 0 Å². The van der Waals surface area contributed by atoms with Gasteiger partial charge in [-0.25, -0.2) is 9.97 Å². The van der Waals surface area contributed by atoms with E-state index in [1.807, 2.05) is 11.5 Å². The van der Waals surface area contributed by atoms with E-state index in [0.29, 0.717) is 18.2 Å². The Bertz CT molecular complexity index is 636. The van der Waals surface area contributed by atoms with E-state index in [2.05, 4.69) is 25.1 Å². The van der Waals surface area contributed by atoms with Crippen LogP contribution in [-0.4, -0.2) is 36.3 Å². The van der Waals surface area contributed by atoms with E-state index in [4.69, 9.17) is 18.0 Å². The highest BCUT2D eigenvalue weighted by molar-refractivity contribution is 7.80. The normalized spacial score (nSPS) is 14.3. The summed E-state index contributed by atoms with van der Waals surface area (Å²) in [7, 11) is 0. The van der Waals surface area contributed by atoms with Crippen molar-refractivity contribution in [1.29, 1.82) is 0 Å². The SMILES string of the molecule is Cc1cc(C(N)=S)nc(N2CCn3cnnc3C2)n1. The Morgan fingerprint density at radius 2 is 2.21 bits per heavy atom. The van der Waals surface area contributed by atoms with Crippen molar-refractivity contribution in [3.05, 3.63) is 29.6 Å². The van der Waals surface area contributed by atoms with Gasteiger partial charge in [0.15, 0.2) is 5.82 Å². The first-order valence-electron chi connectivity index (χ1n) is 5.90. The molecule has 3 heterocycles. The van der Waals surface area contributed by atoms with Crippen LogP contribution < -0.4 is 10.6 Å². The lowest BCUT2D eigenvalue weighted by Crippen LogP contribution is -2.35. The van der Waals surface area contributed by atoms with Gasteiger partial charge >= 0.3 is 0 Å². The summed E-state index contributed by atoms with van der Waals surface area (Å²) in [5.74, 6) is 1.55. The lowest BCUT2D eigenvalue weighted by atomic mass is 10.3. The summed E-state index contributed by atoms with van der Waals surface area (Å²) >= 11 is 4.97. The van der Waals surface area contributed by atoms with Crippen molar-refractivity contribution in [2.24, 2.45) is 5.73 Å². The van der Waals surface area contributed by atoms with E-state index < -0.39 is 0 Å². The first-order chi connectivity index (χ1) is 9.13. The van der Waals surface area contributed by atoms with Crippen LogP contribution in [0, 0.1) is 6.92 Å². The maximum absolute atomic E-state index is 5.64. The molecule has 0 fully saturated rings. The van der Waals surface area contributed by atoms with Gasteiger partial charge in [0.25, 0.3) is 0 Å². The third kappa shape index (κ3) is 2.26. The van der Waals surface area contributed by atoms with Gasteiger partial charge in [0.05, 0.1) is 6.54 Å². The molecular formula is C11H13N7S. The smallest absolute Gasteiger partial charge is 0.226 e. The number of hydrogen-bond acceptors (Lipinski definition) is 6. The third-order valence-corrected chi connectivity index (χ3v) is 3.23. The minimum Gasteiger partial charge on any atom is -0.388 e. The van der Waals surface area contributed by atoms with Crippen LogP contribution in [0.5, 0.6) is 0 Å². The summed E-state index contributed by atoms with van der Waals surface area (Å²) in [6.45, 7) is 4.17. The second-order valence-corrected chi connectivity index (χ2v) is 4.86. The average Bonchev–Trinajstić information content (AvgIpc) is 2.85. The second kappa shape index (κ2) is 4.54. The number of hydrogen-bond donors (Lipinski definition) is 1. The molecule has 0 saturated carbocycles. The predicted molar refractivity (Wildman–Crippen MR) is 73.7 cm³/mol. The van der Waals surface area contributed by atoms with Crippen molar-refractivity contribution < 1.29 is 0 Å². The van der Waals surface area contributed by atoms with Crippen molar-refractivity contribution in [1.82, 2.24) is 24.7 Å². The fourth-order valence-electron chi connectivity index (χ4n) is 2.06. The van der Waals surface area contributed by atoms with E-state index in [1.54, 1.807) is 12.4 Å². The second-order valence-electron chi connectivity index (χ2n) is 4.42. The maximum Gasteiger partial charge on any atom is 0.226 e. The van der Waals surface area contributed by atoms with E-state index in [1.165, 1.54) is 0 Å². The van der Waals surface area contributed by atoms with Gasteiger partial charge in [-0.3, -0.25) is 0 Å². The minimum atomic E-state index is 0.284. The Morgan fingerprint density at radius 1 is 1.37 bits per heavy atom. The lowest BCUT2D eigenvalue weighted by Gasteiger charge is -2.27. The van der Waals surface area contributed by atoms with Gasteiger partial charge in [0, 0.05) is 18.8 Å². The highest BCUT2D eigenvalue weighted by atomic mass is 32.1. The average molecular weight is 275 g/mol. The molecular weight excluding hydrogens is 262 g/mol. The summed E-state index contributed by atoms with van der Waals surface area (Å²) in [6, 6.07) is 1.79. The first-order valence-corrected chi connectivity index (χ1v) is 6.31. The molecule has 0 amide bonds. The molecule has 2 N–H and O–H groups in total. The number of aryl methyl sites for hydroxylation is 1. The van der Waals surface area contributed by atoms with E-state index >= 15 is 0 Å². The molecule has 0 unspecified atom stereocenters. The van der Waals surface area contributed by atoms with Crippen LogP contribution in [0.25, 0.3) is 0 Å². The topological polar surface area (TPSA) is 85.8 Å². The van der Waals surface area contributed by atoms with Gasteiger partial charge in [-0.15, -0.1) is 10.2 Å². The summed E-state index contributed by atoms with van der Waals surface area (Å²) in [4.78, 5) is 11.2. The number of aromatic nitrogens is 5. The molecule has 19 heavy (non-hydrogen) atoms. The highest BCUT2D eigenvalue weighted by Gasteiger charge is 2.20. The van der Waals surface area contributed by atoms with Gasteiger partial charge in [-0.1, -0.05) is 12.2 Å². The molecule has 0 atom stereocenters. The van der Waals surface area contributed by atoms with Crippen LogP contribution >= 0.6 is 12.2 Å². The molecule has 2 aromatic heterocycles. The summed E-state index contributed by atoms with van der Waals surface area (Å²) in [6.07, 6.45) is 1.74. The largest absolute Gasteiger partial charge is 0.388 e. The summed E-state index contributed by atoms with van der Waals surface area (Å²) in [5, 5.41) is 7.98. The van der Waals surface area contributed by atoms with Crippen molar-refractivity contribution >= 4 is 23.2 Å². The van der Waals surface area contributed by atoms with Gasteiger partial charge in [-0.2, -0.15) is 0 Å². The number of nitrogens with zero attached hydrogens (tertiary/aromatic N) is 6. The van der Waals surface area contributed by atoms with Gasteiger partial charge < -0.3 is 15.2 Å². The Balaban J connectivity index is 1.93. The van der Waals surface area contributed by atoms with Crippen LogP contribution in [0.2, 0.25) is 0 Å². The number of anilines is 1. The molecule has 0 aromatic carbocycles. The van der Waals surface area contributed by atoms with Crippen molar-refractivity contribution in [3.8, 4) is 0 Å². The number of nitrogens with two attached hydrogens (primary N) is 1. The van der Waals surface area contributed by atoms with Crippen LogP contribution in [-0.2, 0) is 13.1 Å². The number of thiocarbonyl (C=S) groups is 1. The molecule has 0 saturated heterocycles. The molecule has 0 radical (unpaired) electrons. The van der Waals surface area contributed by atoms with E-state index in [-0.39, 0.29) is 4.99 Å². The molecule has 98 valence electrons. The lowest BCUT2D eigenvalue weighted by molar-refractivity contribution is 0.551. The molecule has 0 bridgehead atoms. The van der Waals surface area contributed by atoms with Crippen molar-refractivity contribution in [3.63, 3.8) is 0 Å². The fraction of sp³-hybridized carbons (Fsp3) is 0.364. The molecule has 0 aliphatic carbocycles. The molecule has 3 rings (SSSR count). The Hall–Kier alpha value is -2.09. The van der Waals surface area contributed by atoms with Gasteiger partial charge in [0.2, 0.25) is 5.95 Å². The van der Waals surface area contributed by atoms with Crippen LogP contribution in [0.3, 0.4) is 0 Å². The number of fused-ring (bicyclic) bond motifs is 1. The molecule has 0 spiro atoms. The van der Waals surface area contributed by atoms with Gasteiger partial charge in [0.1, 0.15) is 17.0 Å². The molecule has 7 nitrogen and oxygen atoms in total. The van der Waals surface area contributed by atoms with Gasteiger partial charge in [-0.05, 0) is 13.0 Å². The van der Waals surface area contributed by atoms with Crippen molar-refractivity contribution in [2.45, 2.75) is 20.0 Å². The maximum atomic E-state index is 5.64. The zero-order valence-electron chi connectivity index (χ0n) is 10.4. The van der Waals surface area contributed by atoms with Crippen LogP contribution in [0.4, 0.5) is 5.95 Å². The third-order valence-electron chi connectivity index (χ3n) is 3.02. The van der Waals surface area contributed by atoms with Crippen LogP contribution in [0.1, 0.15) is 17.2 Å². The minimum absolute atomic E-state index is 0.284. The van der Waals surface area contributed by atoms with E-state index in [0.717, 1.165) is 24.6 Å². The predicted octanol–water partition coefficient (Wildman–Crippen LogP) is 0.0309. The fourth-order valence-corrected chi connectivity index (χ4v) is 2.16. The summed E-state index contributed by atoms with van der Waals surface area (Å²) < 4.78 is 2.03. The quantitative estimate of drug-likeness (QED) is 0.774. The summed E-state index contributed by atoms with van der Waals surface area (Å²) in [5.41, 5.74) is 7.09.